The summed E-state index contributed by atoms with van der Waals surface area (Å²) < 4.78 is 5.15. The zero-order valence-electron chi connectivity index (χ0n) is 13.5. The number of fused-ring (bicyclic) bond motifs is 2. The third-order valence-corrected chi connectivity index (χ3v) is 4.77. The van der Waals surface area contributed by atoms with E-state index in [0.717, 1.165) is 31.6 Å². The van der Waals surface area contributed by atoms with Crippen LogP contribution in [0.4, 0.5) is 5.69 Å². The van der Waals surface area contributed by atoms with Crippen molar-refractivity contribution in [1.82, 2.24) is 4.81 Å². The minimum atomic E-state index is 0.201. The number of carbonyl (C=O) groups is 1. The Morgan fingerprint density at radius 3 is 2.86 bits per heavy atom. The van der Waals surface area contributed by atoms with Gasteiger partial charge in [-0.2, -0.15) is 0 Å². The normalized spacial score (nSPS) is 22.2. The number of amides is 1. The third kappa shape index (κ3) is 2.92. The summed E-state index contributed by atoms with van der Waals surface area (Å²) in [5.41, 5.74) is 5.08. The Bertz CT molecular complexity index is 576. The van der Waals surface area contributed by atoms with Gasteiger partial charge in [0.15, 0.2) is 7.98 Å². The molecule has 0 spiro atoms. The highest BCUT2D eigenvalue weighted by Crippen LogP contribution is 2.35. The Labute approximate surface area is 133 Å². The van der Waals surface area contributed by atoms with E-state index in [9.17, 15) is 4.79 Å². The molecule has 0 fully saturated rings. The van der Waals surface area contributed by atoms with Gasteiger partial charge in [-0.3, -0.25) is 4.79 Å². The van der Waals surface area contributed by atoms with Crippen LogP contribution >= 0.6 is 0 Å². The lowest BCUT2D eigenvalue weighted by molar-refractivity contribution is -0.119. The van der Waals surface area contributed by atoms with E-state index in [1.807, 2.05) is 9.71 Å². The van der Waals surface area contributed by atoms with Crippen LogP contribution in [-0.4, -0.2) is 52.1 Å². The second-order valence-corrected chi connectivity index (χ2v) is 6.36. The molecule has 1 amide bonds. The molecule has 116 valence electrons. The van der Waals surface area contributed by atoms with Crippen molar-refractivity contribution in [2.24, 2.45) is 0 Å². The van der Waals surface area contributed by atoms with Gasteiger partial charge >= 0.3 is 0 Å². The average Bonchev–Trinajstić information content (AvgIpc) is 2.64. The van der Waals surface area contributed by atoms with Crippen molar-refractivity contribution in [3.05, 3.63) is 28.8 Å². The van der Waals surface area contributed by atoms with Crippen molar-refractivity contribution in [3.63, 3.8) is 0 Å². The maximum Gasteiger partial charge on any atom is 0.227 e. The zero-order chi connectivity index (χ0) is 15.7. The number of anilines is 1. The SMILES string of the molecule is [B]N1CCc2cc3c(cc2C(C)C1)CCC(=O)N3CCOC. The van der Waals surface area contributed by atoms with Crippen molar-refractivity contribution in [2.75, 3.05) is 38.3 Å². The Morgan fingerprint density at radius 2 is 2.09 bits per heavy atom. The molecule has 2 aliphatic heterocycles. The van der Waals surface area contributed by atoms with Crippen molar-refractivity contribution < 1.29 is 9.53 Å². The first-order chi connectivity index (χ1) is 10.6. The van der Waals surface area contributed by atoms with Crippen molar-refractivity contribution in [2.45, 2.75) is 32.1 Å². The summed E-state index contributed by atoms with van der Waals surface area (Å²) in [4.78, 5) is 16.0. The zero-order valence-corrected chi connectivity index (χ0v) is 13.5. The van der Waals surface area contributed by atoms with E-state index in [-0.39, 0.29) is 5.91 Å². The Balaban J connectivity index is 1.99. The topological polar surface area (TPSA) is 32.8 Å². The predicted molar refractivity (Wildman–Crippen MR) is 88.4 cm³/mol. The molecule has 0 aromatic heterocycles. The fraction of sp³-hybridized carbons (Fsp3) is 0.588. The molecule has 1 atom stereocenters. The Morgan fingerprint density at radius 1 is 1.27 bits per heavy atom. The predicted octanol–water partition coefficient (Wildman–Crippen LogP) is 1.66. The first-order valence-electron chi connectivity index (χ1n) is 8.04. The van der Waals surface area contributed by atoms with Gasteiger partial charge in [0.25, 0.3) is 0 Å². The third-order valence-electron chi connectivity index (χ3n) is 4.77. The van der Waals surface area contributed by atoms with Gasteiger partial charge in [-0.1, -0.05) is 13.0 Å². The Hall–Kier alpha value is -1.33. The highest BCUT2D eigenvalue weighted by atomic mass is 16.5. The molecule has 1 aromatic rings. The molecular weight excluding hydrogens is 275 g/mol. The molecule has 1 aromatic carbocycles. The maximum absolute atomic E-state index is 12.3. The van der Waals surface area contributed by atoms with Gasteiger partial charge < -0.3 is 14.4 Å². The van der Waals surface area contributed by atoms with Crippen LogP contribution in [0, 0.1) is 0 Å². The van der Waals surface area contributed by atoms with Crippen LogP contribution in [0.3, 0.4) is 0 Å². The van der Waals surface area contributed by atoms with Crippen LogP contribution < -0.4 is 4.90 Å². The van der Waals surface area contributed by atoms with Crippen LogP contribution in [0.2, 0.25) is 0 Å². The molecule has 0 N–H and O–H groups in total. The van der Waals surface area contributed by atoms with Crippen LogP contribution in [0.5, 0.6) is 0 Å². The number of benzene rings is 1. The average molecular weight is 298 g/mol. The summed E-state index contributed by atoms with van der Waals surface area (Å²) in [6.45, 7) is 5.17. The molecule has 22 heavy (non-hydrogen) atoms. The summed E-state index contributed by atoms with van der Waals surface area (Å²) >= 11 is 0. The summed E-state index contributed by atoms with van der Waals surface area (Å²) in [6.07, 6.45) is 2.37. The van der Waals surface area contributed by atoms with Gasteiger partial charge in [0.1, 0.15) is 0 Å². The molecule has 0 aliphatic carbocycles. The number of carbonyl (C=O) groups excluding carboxylic acids is 1. The van der Waals surface area contributed by atoms with Crippen LogP contribution in [0.1, 0.15) is 36.0 Å². The van der Waals surface area contributed by atoms with Gasteiger partial charge in [0, 0.05) is 25.8 Å². The van der Waals surface area contributed by atoms with E-state index in [0.29, 0.717) is 25.5 Å². The molecule has 2 aliphatic rings. The molecule has 4 nitrogen and oxygen atoms in total. The monoisotopic (exact) mass is 298 g/mol. The number of nitrogens with zero attached hydrogens (tertiary/aromatic N) is 2. The number of hydrogen-bond acceptors (Lipinski definition) is 3. The van der Waals surface area contributed by atoms with E-state index in [2.05, 4.69) is 19.1 Å². The largest absolute Gasteiger partial charge is 0.383 e. The minimum absolute atomic E-state index is 0.201. The summed E-state index contributed by atoms with van der Waals surface area (Å²) in [6, 6.07) is 4.52. The fourth-order valence-electron chi connectivity index (χ4n) is 3.57. The van der Waals surface area contributed by atoms with Gasteiger partial charge in [0.05, 0.1) is 6.61 Å². The van der Waals surface area contributed by atoms with Gasteiger partial charge in [-0.05, 0) is 54.6 Å². The van der Waals surface area contributed by atoms with Crippen LogP contribution in [0.15, 0.2) is 12.1 Å². The lowest BCUT2D eigenvalue weighted by atomic mass is 9.89. The summed E-state index contributed by atoms with van der Waals surface area (Å²) in [5, 5.41) is 0. The van der Waals surface area contributed by atoms with Crippen molar-refractivity contribution >= 4 is 19.6 Å². The number of rotatable bonds is 3. The number of aryl methyl sites for hydroxylation is 1. The molecule has 2 radical (unpaired) electrons. The lowest BCUT2D eigenvalue weighted by Crippen LogP contribution is -2.37. The molecule has 3 rings (SSSR count). The van der Waals surface area contributed by atoms with Gasteiger partial charge in [-0.15, -0.1) is 0 Å². The van der Waals surface area contributed by atoms with Crippen molar-refractivity contribution in [3.8, 4) is 0 Å². The fourth-order valence-corrected chi connectivity index (χ4v) is 3.57. The highest BCUT2D eigenvalue weighted by Gasteiger charge is 2.27. The maximum atomic E-state index is 12.3. The van der Waals surface area contributed by atoms with Crippen LogP contribution in [0.25, 0.3) is 0 Å². The lowest BCUT2D eigenvalue weighted by Gasteiger charge is -2.31. The first-order valence-corrected chi connectivity index (χ1v) is 8.04. The van der Waals surface area contributed by atoms with E-state index < -0.39 is 0 Å². The molecule has 2 heterocycles. The molecule has 0 bridgehead atoms. The molecular formula is C17H23BN2O2. The number of methoxy groups -OCH3 is 1. The van der Waals surface area contributed by atoms with E-state index in [1.54, 1.807) is 7.11 Å². The highest BCUT2D eigenvalue weighted by molar-refractivity contribution is 6.04. The van der Waals surface area contributed by atoms with E-state index >= 15 is 0 Å². The van der Waals surface area contributed by atoms with Gasteiger partial charge in [-0.25, -0.2) is 0 Å². The standard InChI is InChI=1S/C17H23BN2O2/c1-12-11-19(18)6-5-13-10-16-14(9-15(12)13)3-4-17(21)20(16)7-8-22-2/h9-10,12H,3-8,11H2,1-2H3. The smallest absolute Gasteiger partial charge is 0.227 e. The van der Waals surface area contributed by atoms with E-state index in [1.165, 1.54) is 16.7 Å². The molecule has 1 unspecified atom stereocenters. The number of hydrogen-bond donors (Lipinski definition) is 0. The second kappa shape index (κ2) is 6.43. The number of ether oxygens (including phenoxy) is 1. The summed E-state index contributed by atoms with van der Waals surface area (Å²) in [5.74, 6) is 0.629. The molecule has 0 saturated carbocycles. The molecule has 0 saturated heterocycles. The Kier molecular flexibility index (Phi) is 4.55. The van der Waals surface area contributed by atoms with Gasteiger partial charge in [0.2, 0.25) is 5.91 Å². The minimum Gasteiger partial charge on any atom is -0.383 e. The summed E-state index contributed by atoms with van der Waals surface area (Å²) in [7, 11) is 7.70. The second-order valence-electron chi connectivity index (χ2n) is 6.36. The first kappa shape index (κ1) is 15.6. The molecule has 5 heteroatoms. The quantitative estimate of drug-likeness (QED) is 0.796. The van der Waals surface area contributed by atoms with Crippen molar-refractivity contribution in [1.29, 1.82) is 0 Å². The van der Waals surface area contributed by atoms with Crippen LogP contribution in [-0.2, 0) is 22.4 Å². The van der Waals surface area contributed by atoms with E-state index in [4.69, 9.17) is 12.7 Å².